The van der Waals surface area contributed by atoms with Crippen molar-refractivity contribution in [1.29, 1.82) is 0 Å². The Morgan fingerprint density at radius 3 is 2.74 bits per heavy atom. The van der Waals surface area contributed by atoms with Gasteiger partial charge in [-0.15, -0.1) is 0 Å². The van der Waals surface area contributed by atoms with Gasteiger partial charge in [0.1, 0.15) is 34.9 Å². The molecule has 0 atom stereocenters. The van der Waals surface area contributed by atoms with E-state index >= 15 is 0 Å². The van der Waals surface area contributed by atoms with Crippen LogP contribution < -0.4 is 19.7 Å². The number of halogens is 1. The Morgan fingerprint density at radius 1 is 1.17 bits per heavy atom. The van der Waals surface area contributed by atoms with Crippen LogP contribution in [0.3, 0.4) is 0 Å². The minimum Gasteiger partial charge on any atom is -0.470 e. The molecule has 1 amide bonds. The molecule has 0 fully saturated rings. The Balaban J connectivity index is 1.59. The maximum Gasteiger partial charge on any atom is 0.255 e. The number of nitrogens with zero attached hydrogens (tertiary/aromatic N) is 3. The van der Waals surface area contributed by atoms with Crippen molar-refractivity contribution in [1.82, 2.24) is 20.2 Å². The van der Waals surface area contributed by atoms with Gasteiger partial charge in [-0.25, -0.2) is 9.37 Å². The second kappa shape index (κ2) is 10.7. The fourth-order valence-electron chi connectivity index (χ4n) is 5.23. The smallest absolute Gasteiger partial charge is 0.255 e. The number of aromatic nitrogens is 2. The molecule has 0 radical (unpaired) electrons. The molecule has 0 spiro atoms. The first-order chi connectivity index (χ1) is 20.4. The van der Waals surface area contributed by atoms with Gasteiger partial charge >= 0.3 is 0 Å². The Labute approximate surface area is 245 Å². The number of benzene rings is 2. The normalized spacial score (nSPS) is 12.7. The third-order valence-corrected chi connectivity index (χ3v) is 7.38. The standard InChI is InChI=1S/C31H26FN5O4S/c1-33-11-9-17(10-12-38)30-28(31(39)34-2)20-13-19(24(36(3)42)15-27(20)41-30)22-7-8-26-29(35-22)25-14-18-21(32)5-4-6-23(18)37(25)16-40-26/h4-15,33,42H,16H2,1-3H3,(H,34,39)/b11-9-,17-10+. The number of hydrogen-bond acceptors (Lipinski definition) is 8. The van der Waals surface area contributed by atoms with Gasteiger partial charge < -0.3 is 28.7 Å². The largest absolute Gasteiger partial charge is 0.470 e. The lowest BCUT2D eigenvalue weighted by atomic mass is 10.00. The van der Waals surface area contributed by atoms with Crippen LogP contribution in [0.1, 0.15) is 16.1 Å². The average molecular weight is 584 g/mol. The van der Waals surface area contributed by atoms with Crippen molar-refractivity contribution in [3.63, 3.8) is 0 Å². The molecule has 2 aromatic carbocycles. The molecule has 0 aliphatic carbocycles. The number of pyridine rings is 1. The van der Waals surface area contributed by atoms with Crippen LogP contribution in [0.15, 0.2) is 71.3 Å². The number of carbonyl (C=O) groups excluding carboxylic acids is 2. The molecule has 0 bridgehead atoms. The summed E-state index contributed by atoms with van der Waals surface area (Å²) in [5.41, 5.74) is 5.05. The molecule has 6 rings (SSSR count). The zero-order valence-electron chi connectivity index (χ0n) is 22.9. The van der Waals surface area contributed by atoms with E-state index in [1.807, 2.05) is 28.8 Å². The Morgan fingerprint density at radius 2 is 2.00 bits per heavy atom. The van der Waals surface area contributed by atoms with Gasteiger partial charge in [0.05, 0.1) is 28.2 Å². The molecule has 11 heteroatoms. The highest BCUT2D eigenvalue weighted by Gasteiger charge is 2.27. The van der Waals surface area contributed by atoms with E-state index in [4.69, 9.17) is 14.1 Å². The van der Waals surface area contributed by atoms with E-state index in [1.54, 1.807) is 48.9 Å². The van der Waals surface area contributed by atoms with E-state index in [1.165, 1.54) is 19.2 Å². The van der Waals surface area contributed by atoms with E-state index < -0.39 is 0 Å². The maximum atomic E-state index is 14.6. The topological polar surface area (TPSA) is 102 Å². The van der Waals surface area contributed by atoms with Crippen LogP contribution in [-0.2, 0) is 11.5 Å². The van der Waals surface area contributed by atoms with Crippen LogP contribution in [0.2, 0.25) is 0 Å². The molecule has 2 N–H and O–H groups in total. The van der Waals surface area contributed by atoms with Crippen molar-refractivity contribution in [2.75, 3.05) is 25.4 Å². The minimum absolute atomic E-state index is 0.235. The van der Waals surface area contributed by atoms with Gasteiger partial charge in [0.15, 0.2) is 6.73 Å². The van der Waals surface area contributed by atoms with Crippen LogP contribution in [0.4, 0.5) is 10.1 Å². The number of hydrogen-bond donors (Lipinski definition) is 3. The third-order valence-electron chi connectivity index (χ3n) is 7.17. The fraction of sp³-hybridized carbons (Fsp3) is 0.129. The summed E-state index contributed by atoms with van der Waals surface area (Å²) in [4.78, 5) is 29.6. The molecule has 5 aromatic rings. The summed E-state index contributed by atoms with van der Waals surface area (Å²) in [6, 6.07) is 14.0. The van der Waals surface area contributed by atoms with Crippen LogP contribution in [-0.4, -0.2) is 42.9 Å². The molecule has 9 nitrogen and oxygen atoms in total. The zero-order chi connectivity index (χ0) is 29.5. The lowest BCUT2D eigenvalue weighted by Crippen LogP contribution is -2.18. The van der Waals surface area contributed by atoms with E-state index in [0.29, 0.717) is 62.1 Å². The number of nitrogens with one attached hydrogen (secondary N) is 2. The number of ether oxygens (including phenoxy) is 1. The van der Waals surface area contributed by atoms with Gasteiger partial charge in [-0.3, -0.25) is 9.59 Å². The molecule has 212 valence electrons. The predicted octanol–water partition coefficient (Wildman–Crippen LogP) is 5.56. The molecule has 1 aliphatic rings. The Kier molecular flexibility index (Phi) is 6.95. The lowest BCUT2D eigenvalue weighted by Gasteiger charge is -2.22. The first-order valence-corrected chi connectivity index (χ1v) is 13.4. The second-order valence-electron chi connectivity index (χ2n) is 9.60. The van der Waals surface area contributed by atoms with E-state index in [9.17, 15) is 14.0 Å². The number of fused-ring (bicyclic) bond motifs is 6. The number of anilines is 1. The van der Waals surface area contributed by atoms with E-state index in [-0.39, 0.29) is 29.8 Å². The summed E-state index contributed by atoms with van der Waals surface area (Å²) in [5, 5.41) is 6.57. The fourth-order valence-corrected chi connectivity index (χ4v) is 5.39. The summed E-state index contributed by atoms with van der Waals surface area (Å²) in [6.07, 6.45) is 5.26. The van der Waals surface area contributed by atoms with Crippen LogP contribution in [0.25, 0.3) is 50.1 Å². The number of aldehydes is 1. The maximum absolute atomic E-state index is 14.6. The van der Waals surface area contributed by atoms with Gasteiger partial charge in [0.25, 0.3) is 5.91 Å². The zero-order valence-corrected chi connectivity index (χ0v) is 23.8. The number of furan rings is 1. The number of rotatable bonds is 7. The summed E-state index contributed by atoms with van der Waals surface area (Å²) < 4.78 is 30.3. The first kappa shape index (κ1) is 27.2. The monoisotopic (exact) mass is 583 g/mol. The van der Waals surface area contributed by atoms with E-state index in [0.717, 1.165) is 5.69 Å². The molecule has 0 saturated heterocycles. The van der Waals surface area contributed by atoms with Gasteiger partial charge in [-0.2, -0.15) is 0 Å². The second-order valence-corrected chi connectivity index (χ2v) is 10.2. The Hall–Kier alpha value is -5.03. The highest BCUT2D eigenvalue weighted by Crippen LogP contribution is 2.43. The Bertz CT molecular complexity index is 1960. The molecule has 4 heterocycles. The number of amides is 1. The summed E-state index contributed by atoms with van der Waals surface area (Å²) in [6.45, 7) is 0.235. The quantitative estimate of drug-likeness (QED) is 0.0998. The molecule has 3 aromatic heterocycles. The van der Waals surface area contributed by atoms with Gasteiger partial charge in [-0.1, -0.05) is 18.9 Å². The molecule has 0 saturated carbocycles. The number of allylic oxidation sites excluding steroid dienone is 3. The van der Waals surface area contributed by atoms with Gasteiger partial charge in [0, 0.05) is 49.1 Å². The van der Waals surface area contributed by atoms with Gasteiger partial charge in [0.2, 0.25) is 0 Å². The first-order valence-electron chi connectivity index (χ1n) is 13.0. The average Bonchev–Trinajstić information content (AvgIpc) is 3.57. The summed E-state index contributed by atoms with van der Waals surface area (Å²) >= 11 is 4.57. The van der Waals surface area contributed by atoms with Crippen molar-refractivity contribution < 1.29 is 23.1 Å². The number of carbonyl (C=O) groups is 2. The molecular formula is C31H26FN5O4S. The molecule has 0 unspecified atom stereocenters. The van der Waals surface area contributed by atoms with Crippen LogP contribution in [0.5, 0.6) is 5.75 Å². The highest BCUT2D eigenvalue weighted by atomic mass is 32.1. The van der Waals surface area contributed by atoms with Crippen molar-refractivity contribution >= 4 is 58.1 Å². The van der Waals surface area contributed by atoms with Gasteiger partial charge in [-0.05, 0) is 54.8 Å². The van der Waals surface area contributed by atoms with E-state index in [2.05, 4.69) is 23.4 Å². The van der Waals surface area contributed by atoms with Crippen LogP contribution in [0, 0.1) is 5.82 Å². The third kappa shape index (κ3) is 4.38. The van der Waals surface area contributed by atoms with Crippen molar-refractivity contribution in [2.24, 2.45) is 0 Å². The van der Waals surface area contributed by atoms with Crippen molar-refractivity contribution in [2.45, 2.75) is 6.73 Å². The van der Waals surface area contributed by atoms with Crippen LogP contribution >= 0.6 is 12.8 Å². The minimum atomic E-state index is -0.380. The molecular weight excluding hydrogens is 557 g/mol. The summed E-state index contributed by atoms with van der Waals surface area (Å²) in [7, 11) is 5.02. The lowest BCUT2D eigenvalue weighted by molar-refractivity contribution is -0.104. The molecule has 42 heavy (non-hydrogen) atoms. The van der Waals surface area contributed by atoms with Crippen molar-refractivity contribution in [3.05, 3.63) is 84.0 Å². The predicted molar refractivity (Wildman–Crippen MR) is 164 cm³/mol. The van der Waals surface area contributed by atoms with Crippen molar-refractivity contribution in [3.8, 4) is 28.4 Å². The number of thiol groups is 1. The highest BCUT2D eigenvalue weighted by molar-refractivity contribution is 7.81. The summed E-state index contributed by atoms with van der Waals surface area (Å²) in [5.74, 6) is 0.121. The molecule has 1 aliphatic heterocycles. The SMILES string of the molecule is CN/C=C\C(=C/C=O)c1oc2cc(N(C)S)c(-c3ccc4c(n3)-c3cc5c(F)cccc5n3CO4)cc2c1C(=O)NC.